The molecule has 1 aliphatic heterocycles. The molecule has 29 heavy (non-hydrogen) atoms. The summed E-state index contributed by atoms with van der Waals surface area (Å²) >= 11 is 6.20. The Labute approximate surface area is 176 Å². The second-order valence-corrected chi connectivity index (χ2v) is 7.82. The number of hydrogen-bond acceptors (Lipinski definition) is 2. The lowest BCUT2D eigenvalue weighted by Gasteiger charge is -2.27. The van der Waals surface area contributed by atoms with Gasteiger partial charge in [-0.2, -0.15) is 0 Å². The Bertz CT molecular complexity index is 1030. The molecule has 1 amide bonds. The number of likely N-dealkylation sites (tertiary alicyclic amines) is 1. The minimum absolute atomic E-state index is 0.0811. The van der Waals surface area contributed by atoms with Crippen LogP contribution in [0.2, 0.25) is 5.02 Å². The van der Waals surface area contributed by atoms with Crippen molar-refractivity contribution in [2.45, 2.75) is 25.8 Å². The van der Waals surface area contributed by atoms with Gasteiger partial charge in [0.15, 0.2) is 0 Å². The molecule has 4 rings (SSSR count). The molecular formula is C24H25ClN2O2. The lowest BCUT2D eigenvalue weighted by molar-refractivity contribution is 0.0714. The zero-order valence-electron chi connectivity index (χ0n) is 16.4. The summed E-state index contributed by atoms with van der Waals surface area (Å²) in [6.07, 6.45) is 5.04. The maximum atomic E-state index is 13.4. The normalized spacial score (nSPS) is 14.2. The summed E-state index contributed by atoms with van der Waals surface area (Å²) in [6.45, 7) is 6.36. The molecule has 2 aromatic carbocycles. The summed E-state index contributed by atoms with van der Waals surface area (Å²) in [4.78, 5) is 15.4. The van der Waals surface area contributed by atoms with Gasteiger partial charge in [-0.05, 0) is 55.2 Å². The lowest BCUT2D eigenvalue weighted by atomic mass is 10.1. The van der Waals surface area contributed by atoms with Crippen LogP contribution in [0.1, 0.15) is 35.3 Å². The molecule has 0 bridgehead atoms. The van der Waals surface area contributed by atoms with Crippen LogP contribution < -0.4 is 4.74 Å². The van der Waals surface area contributed by atoms with E-state index in [9.17, 15) is 4.79 Å². The minimum Gasteiger partial charge on any atom is -0.489 e. The molecule has 0 radical (unpaired) electrons. The number of nitrogens with zero attached hydrogens (tertiary/aromatic N) is 2. The van der Waals surface area contributed by atoms with Crippen molar-refractivity contribution >= 4 is 28.4 Å². The number of ether oxygens (including phenoxy) is 1. The predicted molar refractivity (Wildman–Crippen MR) is 118 cm³/mol. The van der Waals surface area contributed by atoms with Crippen LogP contribution in [0.3, 0.4) is 0 Å². The molecule has 1 aromatic heterocycles. The summed E-state index contributed by atoms with van der Waals surface area (Å²) < 4.78 is 7.94. The predicted octanol–water partition coefficient (Wildman–Crippen LogP) is 5.53. The first kappa shape index (κ1) is 19.6. The fourth-order valence-electron chi connectivity index (χ4n) is 3.96. The SMILES string of the molecule is C=CCOc1cccc2c1cc(C(=O)N1CCCCC1)n2Cc1cccc(Cl)c1. The Kier molecular flexibility index (Phi) is 5.91. The smallest absolute Gasteiger partial charge is 0.270 e. The third-order valence-electron chi connectivity index (χ3n) is 5.35. The van der Waals surface area contributed by atoms with Gasteiger partial charge in [0.2, 0.25) is 0 Å². The van der Waals surface area contributed by atoms with Crippen molar-refractivity contribution in [3.05, 3.63) is 77.5 Å². The fraction of sp³-hybridized carbons (Fsp3) is 0.292. The average molecular weight is 409 g/mol. The van der Waals surface area contributed by atoms with Crippen molar-refractivity contribution in [2.24, 2.45) is 0 Å². The molecule has 0 atom stereocenters. The van der Waals surface area contributed by atoms with Gasteiger partial charge in [-0.15, -0.1) is 0 Å². The highest BCUT2D eigenvalue weighted by Gasteiger charge is 2.24. The average Bonchev–Trinajstić information content (AvgIpc) is 3.11. The number of hydrogen-bond donors (Lipinski definition) is 0. The first-order valence-electron chi connectivity index (χ1n) is 10.1. The standard InChI is InChI=1S/C24H25ClN2O2/c1-2-14-29-23-11-7-10-21-20(23)16-22(24(28)26-12-4-3-5-13-26)27(21)17-18-8-6-9-19(25)15-18/h2,6-11,15-16H,1,3-5,12-14,17H2. The molecule has 0 aliphatic carbocycles. The van der Waals surface area contributed by atoms with Crippen molar-refractivity contribution in [1.29, 1.82) is 0 Å². The van der Waals surface area contributed by atoms with Gasteiger partial charge in [-0.3, -0.25) is 4.79 Å². The number of rotatable bonds is 6. The quantitative estimate of drug-likeness (QED) is 0.502. The number of carbonyl (C=O) groups excluding carboxylic acids is 1. The van der Waals surface area contributed by atoms with Crippen LogP contribution in [0.4, 0.5) is 0 Å². The van der Waals surface area contributed by atoms with E-state index in [1.807, 2.05) is 53.4 Å². The van der Waals surface area contributed by atoms with Gasteiger partial charge in [0.25, 0.3) is 5.91 Å². The van der Waals surface area contributed by atoms with Gasteiger partial charge in [0, 0.05) is 30.0 Å². The molecule has 5 heteroatoms. The van der Waals surface area contributed by atoms with Gasteiger partial charge >= 0.3 is 0 Å². The van der Waals surface area contributed by atoms with Crippen molar-refractivity contribution < 1.29 is 9.53 Å². The van der Waals surface area contributed by atoms with Crippen LogP contribution in [-0.2, 0) is 6.54 Å². The number of fused-ring (bicyclic) bond motifs is 1. The van der Waals surface area contributed by atoms with Crippen LogP contribution in [0.15, 0.2) is 61.2 Å². The maximum Gasteiger partial charge on any atom is 0.270 e. The van der Waals surface area contributed by atoms with Crippen molar-refractivity contribution in [2.75, 3.05) is 19.7 Å². The van der Waals surface area contributed by atoms with Crippen LogP contribution in [0.5, 0.6) is 5.75 Å². The van der Waals surface area contributed by atoms with E-state index >= 15 is 0 Å². The van der Waals surface area contributed by atoms with E-state index in [1.54, 1.807) is 6.08 Å². The lowest BCUT2D eigenvalue weighted by Crippen LogP contribution is -2.36. The molecule has 0 N–H and O–H groups in total. The summed E-state index contributed by atoms with van der Waals surface area (Å²) in [5.74, 6) is 0.845. The number of carbonyl (C=O) groups is 1. The van der Waals surface area contributed by atoms with Crippen molar-refractivity contribution in [3.63, 3.8) is 0 Å². The molecule has 0 spiro atoms. The van der Waals surface area contributed by atoms with E-state index in [-0.39, 0.29) is 5.91 Å². The second-order valence-electron chi connectivity index (χ2n) is 7.39. The number of piperidine rings is 1. The summed E-state index contributed by atoms with van der Waals surface area (Å²) in [5, 5.41) is 1.63. The summed E-state index contributed by atoms with van der Waals surface area (Å²) in [6, 6.07) is 15.7. The highest BCUT2D eigenvalue weighted by molar-refractivity contribution is 6.30. The zero-order valence-corrected chi connectivity index (χ0v) is 17.2. The highest BCUT2D eigenvalue weighted by Crippen LogP contribution is 2.31. The fourth-order valence-corrected chi connectivity index (χ4v) is 4.17. The van der Waals surface area contributed by atoms with E-state index in [4.69, 9.17) is 16.3 Å². The van der Waals surface area contributed by atoms with Crippen LogP contribution in [-0.4, -0.2) is 35.1 Å². The van der Waals surface area contributed by atoms with Gasteiger partial charge in [-0.1, -0.05) is 42.5 Å². The van der Waals surface area contributed by atoms with Crippen LogP contribution >= 0.6 is 11.6 Å². The van der Waals surface area contributed by atoms with E-state index < -0.39 is 0 Å². The molecule has 1 aliphatic rings. The van der Waals surface area contributed by atoms with Gasteiger partial charge in [-0.25, -0.2) is 0 Å². The van der Waals surface area contributed by atoms with Crippen molar-refractivity contribution in [1.82, 2.24) is 9.47 Å². The van der Waals surface area contributed by atoms with Gasteiger partial charge in [0.1, 0.15) is 18.1 Å². The summed E-state index contributed by atoms with van der Waals surface area (Å²) in [5.41, 5.74) is 2.73. The van der Waals surface area contributed by atoms with E-state index in [0.29, 0.717) is 23.9 Å². The Balaban J connectivity index is 1.80. The molecule has 0 unspecified atom stereocenters. The highest BCUT2D eigenvalue weighted by atomic mass is 35.5. The molecule has 150 valence electrons. The monoisotopic (exact) mass is 408 g/mol. The van der Waals surface area contributed by atoms with Gasteiger partial charge < -0.3 is 14.2 Å². The molecule has 0 saturated carbocycles. The van der Waals surface area contributed by atoms with Crippen LogP contribution in [0.25, 0.3) is 10.9 Å². The molecule has 3 aromatic rings. The summed E-state index contributed by atoms with van der Waals surface area (Å²) in [7, 11) is 0. The van der Waals surface area contributed by atoms with E-state index in [2.05, 4.69) is 11.1 Å². The number of halogens is 1. The van der Waals surface area contributed by atoms with Crippen LogP contribution in [0, 0.1) is 0 Å². The Morgan fingerprint density at radius 1 is 1.10 bits per heavy atom. The molecule has 2 heterocycles. The van der Waals surface area contributed by atoms with E-state index in [0.717, 1.165) is 48.1 Å². The first-order chi connectivity index (χ1) is 14.2. The topological polar surface area (TPSA) is 34.5 Å². The largest absolute Gasteiger partial charge is 0.489 e. The first-order valence-corrected chi connectivity index (χ1v) is 10.4. The Morgan fingerprint density at radius 2 is 1.90 bits per heavy atom. The number of benzene rings is 2. The van der Waals surface area contributed by atoms with E-state index in [1.165, 1.54) is 6.42 Å². The third-order valence-corrected chi connectivity index (χ3v) is 5.59. The minimum atomic E-state index is 0.0811. The third kappa shape index (κ3) is 4.18. The molecule has 4 nitrogen and oxygen atoms in total. The Hall–Kier alpha value is -2.72. The molecule has 1 fully saturated rings. The zero-order chi connectivity index (χ0) is 20.2. The second kappa shape index (κ2) is 8.75. The number of amides is 1. The van der Waals surface area contributed by atoms with Crippen molar-refractivity contribution in [3.8, 4) is 5.75 Å². The Morgan fingerprint density at radius 3 is 2.66 bits per heavy atom. The molecular weight excluding hydrogens is 384 g/mol. The maximum absolute atomic E-state index is 13.4. The van der Waals surface area contributed by atoms with Gasteiger partial charge in [0.05, 0.1) is 5.52 Å². The molecule has 1 saturated heterocycles. The number of aromatic nitrogens is 1.